The molecular weight excluding hydrogens is 244 g/mol. The number of methoxy groups -OCH3 is 1. The summed E-state index contributed by atoms with van der Waals surface area (Å²) in [4.78, 5) is 4.70. The predicted molar refractivity (Wildman–Crippen MR) is 79.9 cm³/mol. The lowest BCUT2D eigenvalue weighted by Gasteiger charge is -2.11. The molecule has 1 atom stereocenters. The van der Waals surface area contributed by atoms with Crippen LogP contribution < -0.4 is 10.1 Å². The van der Waals surface area contributed by atoms with Crippen molar-refractivity contribution in [3.8, 4) is 5.75 Å². The van der Waals surface area contributed by atoms with Gasteiger partial charge < -0.3 is 10.1 Å². The molecule has 1 heterocycles. The van der Waals surface area contributed by atoms with Crippen molar-refractivity contribution in [1.29, 1.82) is 0 Å². The lowest BCUT2D eigenvalue weighted by atomic mass is 10.1. The van der Waals surface area contributed by atoms with Gasteiger partial charge in [0, 0.05) is 5.75 Å². The van der Waals surface area contributed by atoms with E-state index in [0.29, 0.717) is 12.0 Å². The SMILES string of the molecule is COc1ccc(C)cc1NC1=N[C@@H](C(C)C)CS1. The molecule has 0 unspecified atom stereocenters. The van der Waals surface area contributed by atoms with Crippen LogP contribution >= 0.6 is 11.8 Å². The summed E-state index contributed by atoms with van der Waals surface area (Å²) in [6, 6.07) is 6.54. The Kier molecular flexibility index (Phi) is 4.17. The summed E-state index contributed by atoms with van der Waals surface area (Å²) in [7, 11) is 1.69. The van der Waals surface area contributed by atoms with E-state index in [2.05, 4.69) is 32.2 Å². The van der Waals surface area contributed by atoms with Gasteiger partial charge in [0.25, 0.3) is 0 Å². The second kappa shape index (κ2) is 5.65. The molecule has 1 aromatic rings. The minimum atomic E-state index is 0.424. The minimum absolute atomic E-state index is 0.424. The van der Waals surface area contributed by atoms with Crippen molar-refractivity contribution in [3.63, 3.8) is 0 Å². The van der Waals surface area contributed by atoms with Crippen molar-refractivity contribution in [1.82, 2.24) is 0 Å². The molecule has 98 valence electrons. The van der Waals surface area contributed by atoms with Crippen LogP contribution in [0, 0.1) is 12.8 Å². The van der Waals surface area contributed by atoms with Crippen molar-refractivity contribution in [2.24, 2.45) is 10.9 Å². The molecule has 4 heteroatoms. The molecule has 1 aromatic carbocycles. The predicted octanol–water partition coefficient (Wildman–Crippen LogP) is 3.54. The normalized spacial score (nSPS) is 18.9. The maximum atomic E-state index is 5.36. The van der Waals surface area contributed by atoms with Crippen molar-refractivity contribution in [2.45, 2.75) is 26.8 Å². The van der Waals surface area contributed by atoms with Crippen LogP contribution in [0.4, 0.5) is 5.69 Å². The first-order valence-electron chi connectivity index (χ1n) is 6.22. The number of amidine groups is 1. The van der Waals surface area contributed by atoms with E-state index in [1.165, 1.54) is 5.56 Å². The number of hydrogen-bond donors (Lipinski definition) is 1. The summed E-state index contributed by atoms with van der Waals surface area (Å²) < 4.78 is 5.36. The fraction of sp³-hybridized carbons (Fsp3) is 0.500. The molecule has 0 amide bonds. The maximum absolute atomic E-state index is 5.36. The van der Waals surface area contributed by atoms with Gasteiger partial charge in [0.1, 0.15) is 5.75 Å². The Morgan fingerprint density at radius 2 is 2.22 bits per heavy atom. The standard InChI is InChI=1S/C14H20N2OS/c1-9(2)12-8-18-14(16-12)15-11-7-10(3)5-6-13(11)17-4/h5-7,9,12H,8H2,1-4H3,(H,15,16)/t12-/m1/s1. The van der Waals surface area contributed by atoms with Gasteiger partial charge in [0.2, 0.25) is 0 Å². The zero-order valence-corrected chi connectivity index (χ0v) is 12.2. The number of nitrogens with one attached hydrogen (secondary N) is 1. The van der Waals surface area contributed by atoms with E-state index in [1.54, 1.807) is 18.9 Å². The third-order valence-electron chi connectivity index (χ3n) is 3.04. The summed E-state index contributed by atoms with van der Waals surface area (Å²) in [6.07, 6.45) is 0. The summed E-state index contributed by atoms with van der Waals surface area (Å²) in [5.74, 6) is 2.52. The molecule has 0 spiro atoms. The van der Waals surface area contributed by atoms with Crippen LogP contribution in [0.3, 0.4) is 0 Å². The zero-order chi connectivity index (χ0) is 13.1. The van der Waals surface area contributed by atoms with Crippen LogP contribution in [0.2, 0.25) is 0 Å². The summed E-state index contributed by atoms with van der Waals surface area (Å²) in [6.45, 7) is 6.50. The average molecular weight is 264 g/mol. The molecule has 18 heavy (non-hydrogen) atoms. The van der Waals surface area contributed by atoms with E-state index >= 15 is 0 Å². The number of ether oxygens (including phenoxy) is 1. The van der Waals surface area contributed by atoms with Gasteiger partial charge in [-0.3, -0.25) is 4.99 Å². The molecule has 0 radical (unpaired) electrons. The van der Waals surface area contributed by atoms with Crippen LogP contribution in [0.1, 0.15) is 19.4 Å². The number of nitrogens with zero attached hydrogens (tertiary/aromatic N) is 1. The zero-order valence-electron chi connectivity index (χ0n) is 11.4. The van der Waals surface area contributed by atoms with Crippen molar-refractivity contribution < 1.29 is 4.74 Å². The first kappa shape index (κ1) is 13.3. The largest absolute Gasteiger partial charge is 0.495 e. The van der Waals surface area contributed by atoms with E-state index in [4.69, 9.17) is 9.73 Å². The van der Waals surface area contributed by atoms with Crippen molar-refractivity contribution in [3.05, 3.63) is 23.8 Å². The van der Waals surface area contributed by atoms with E-state index < -0.39 is 0 Å². The first-order valence-corrected chi connectivity index (χ1v) is 7.21. The number of aryl methyl sites for hydroxylation is 1. The summed E-state index contributed by atoms with van der Waals surface area (Å²) in [5, 5.41) is 4.37. The van der Waals surface area contributed by atoms with E-state index in [-0.39, 0.29) is 0 Å². The fourth-order valence-electron chi connectivity index (χ4n) is 1.83. The van der Waals surface area contributed by atoms with Gasteiger partial charge in [-0.15, -0.1) is 0 Å². The van der Waals surface area contributed by atoms with Crippen molar-refractivity contribution in [2.75, 3.05) is 18.2 Å². The molecule has 0 saturated heterocycles. The van der Waals surface area contributed by atoms with Gasteiger partial charge in [-0.1, -0.05) is 31.7 Å². The van der Waals surface area contributed by atoms with Crippen LogP contribution in [0.15, 0.2) is 23.2 Å². The Hall–Kier alpha value is -1.16. The number of anilines is 1. The van der Waals surface area contributed by atoms with Gasteiger partial charge in [0.05, 0.1) is 18.8 Å². The highest BCUT2D eigenvalue weighted by molar-refractivity contribution is 8.14. The topological polar surface area (TPSA) is 33.6 Å². The number of aliphatic imine (C=N–C) groups is 1. The van der Waals surface area contributed by atoms with E-state index in [9.17, 15) is 0 Å². The van der Waals surface area contributed by atoms with Crippen LogP contribution in [0.5, 0.6) is 5.75 Å². The molecule has 0 aromatic heterocycles. The van der Waals surface area contributed by atoms with E-state index in [0.717, 1.165) is 22.4 Å². The highest BCUT2D eigenvalue weighted by Gasteiger charge is 2.21. The van der Waals surface area contributed by atoms with Crippen molar-refractivity contribution >= 4 is 22.6 Å². The second-order valence-electron chi connectivity index (χ2n) is 4.89. The number of rotatable bonds is 3. The Morgan fingerprint density at radius 1 is 1.44 bits per heavy atom. The highest BCUT2D eigenvalue weighted by Crippen LogP contribution is 2.29. The van der Waals surface area contributed by atoms with Gasteiger partial charge in [0.15, 0.2) is 5.17 Å². The smallest absolute Gasteiger partial charge is 0.161 e. The molecule has 0 bridgehead atoms. The number of hydrogen-bond acceptors (Lipinski definition) is 4. The Morgan fingerprint density at radius 3 is 2.83 bits per heavy atom. The first-order chi connectivity index (χ1) is 8.60. The molecule has 0 saturated carbocycles. The molecular formula is C14H20N2OS. The Balaban J connectivity index is 2.15. The maximum Gasteiger partial charge on any atom is 0.161 e. The van der Waals surface area contributed by atoms with Gasteiger partial charge in [-0.05, 0) is 30.5 Å². The molecule has 0 aliphatic carbocycles. The molecule has 1 aliphatic rings. The second-order valence-corrected chi connectivity index (χ2v) is 5.89. The Bertz CT molecular complexity index is 457. The number of thioether (sulfide) groups is 1. The summed E-state index contributed by atoms with van der Waals surface area (Å²) in [5.41, 5.74) is 2.20. The van der Waals surface area contributed by atoms with E-state index in [1.807, 2.05) is 12.1 Å². The molecule has 3 nitrogen and oxygen atoms in total. The van der Waals surface area contributed by atoms with Gasteiger partial charge in [-0.25, -0.2) is 0 Å². The lowest BCUT2D eigenvalue weighted by molar-refractivity contribution is 0.417. The minimum Gasteiger partial charge on any atom is -0.495 e. The third-order valence-corrected chi connectivity index (χ3v) is 4.03. The summed E-state index contributed by atoms with van der Waals surface area (Å²) >= 11 is 1.78. The molecule has 0 fully saturated rings. The highest BCUT2D eigenvalue weighted by atomic mass is 32.2. The Labute approximate surface area is 113 Å². The molecule has 1 N–H and O–H groups in total. The lowest BCUT2D eigenvalue weighted by Crippen LogP contribution is -2.12. The van der Waals surface area contributed by atoms with Crippen LogP contribution in [0.25, 0.3) is 0 Å². The molecule has 1 aliphatic heterocycles. The van der Waals surface area contributed by atoms with Crippen LogP contribution in [-0.2, 0) is 0 Å². The van der Waals surface area contributed by atoms with Crippen LogP contribution in [-0.4, -0.2) is 24.1 Å². The van der Waals surface area contributed by atoms with Gasteiger partial charge in [-0.2, -0.15) is 0 Å². The fourth-order valence-corrected chi connectivity index (χ4v) is 3.01. The number of benzene rings is 1. The average Bonchev–Trinajstić information content (AvgIpc) is 2.78. The quantitative estimate of drug-likeness (QED) is 0.906. The molecule has 2 rings (SSSR count). The monoisotopic (exact) mass is 264 g/mol. The van der Waals surface area contributed by atoms with Gasteiger partial charge >= 0.3 is 0 Å². The third kappa shape index (κ3) is 2.99.